The van der Waals surface area contributed by atoms with E-state index in [4.69, 9.17) is 19.5 Å². The summed E-state index contributed by atoms with van der Waals surface area (Å²) in [5, 5.41) is 17.3. The third-order valence-corrected chi connectivity index (χ3v) is 5.92. The summed E-state index contributed by atoms with van der Waals surface area (Å²) in [5.74, 6) is 0. The Morgan fingerprint density at radius 1 is 1.03 bits per heavy atom. The molecule has 1 amide bonds. The molecule has 0 spiro atoms. The summed E-state index contributed by atoms with van der Waals surface area (Å²) in [5.41, 5.74) is 2.36. The number of carbonyl (C=O) groups excluding carboxylic acids is 1. The van der Waals surface area contributed by atoms with Crippen LogP contribution in [0.15, 0.2) is 66.7 Å². The number of carbonyl (C=O) groups is 1. The van der Waals surface area contributed by atoms with Crippen molar-refractivity contribution in [2.75, 3.05) is 18.5 Å². The van der Waals surface area contributed by atoms with Crippen molar-refractivity contribution in [2.24, 2.45) is 0 Å². The van der Waals surface area contributed by atoms with Crippen molar-refractivity contribution >= 4 is 22.6 Å². The second kappa shape index (κ2) is 8.97. The SMILES string of the molecule is N#Cc1cccc(CN[C@H]2CO[C@H]3[C@H]2OC[C@@H]3OC(=O)Nc2cccc3ccccc23)c1. The molecular weight excluding hydrogens is 406 g/mol. The molecule has 162 valence electrons. The molecule has 0 unspecified atom stereocenters. The van der Waals surface area contributed by atoms with Crippen LogP contribution in [0.4, 0.5) is 10.5 Å². The van der Waals surface area contributed by atoms with E-state index in [9.17, 15) is 4.79 Å². The fraction of sp³-hybridized carbons (Fsp3) is 0.280. The van der Waals surface area contributed by atoms with Crippen molar-refractivity contribution < 1.29 is 19.0 Å². The number of anilines is 1. The summed E-state index contributed by atoms with van der Waals surface area (Å²) >= 11 is 0. The molecule has 0 bridgehead atoms. The van der Waals surface area contributed by atoms with Gasteiger partial charge in [0, 0.05) is 11.9 Å². The minimum Gasteiger partial charge on any atom is -0.441 e. The predicted molar refractivity (Wildman–Crippen MR) is 119 cm³/mol. The van der Waals surface area contributed by atoms with Gasteiger partial charge < -0.3 is 19.5 Å². The van der Waals surface area contributed by atoms with Gasteiger partial charge in [-0.2, -0.15) is 5.26 Å². The Hall–Kier alpha value is -3.44. The zero-order chi connectivity index (χ0) is 21.9. The van der Waals surface area contributed by atoms with Gasteiger partial charge in [-0.3, -0.25) is 5.32 Å². The molecule has 2 N–H and O–H groups in total. The lowest BCUT2D eigenvalue weighted by Crippen LogP contribution is -2.41. The number of ether oxygens (including phenoxy) is 3. The highest BCUT2D eigenvalue weighted by atomic mass is 16.6. The first-order chi connectivity index (χ1) is 15.7. The van der Waals surface area contributed by atoms with Gasteiger partial charge in [-0.1, -0.05) is 48.5 Å². The van der Waals surface area contributed by atoms with Crippen molar-refractivity contribution in [3.8, 4) is 6.07 Å². The van der Waals surface area contributed by atoms with E-state index in [-0.39, 0.29) is 18.2 Å². The number of hydrogen-bond donors (Lipinski definition) is 2. The maximum atomic E-state index is 12.6. The second-order valence-electron chi connectivity index (χ2n) is 7.99. The molecule has 4 atom stereocenters. The number of nitrogens with one attached hydrogen (secondary N) is 2. The highest BCUT2D eigenvalue weighted by molar-refractivity contribution is 6.00. The zero-order valence-electron chi connectivity index (χ0n) is 17.4. The molecule has 2 fully saturated rings. The first-order valence-corrected chi connectivity index (χ1v) is 10.6. The molecule has 2 aliphatic heterocycles. The Labute approximate surface area is 185 Å². The van der Waals surface area contributed by atoms with Crippen LogP contribution in [0.3, 0.4) is 0 Å². The molecule has 7 heteroatoms. The molecular formula is C25H23N3O4. The van der Waals surface area contributed by atoms with E-state index < -0.39 is 12.2 Å². The van der Waals surface area contributed by atoms with Gasteiger partial charge in [0.25, 0.3) is 0 Å². The highest BCUT2D eigenvalue weighted by Gasteiger charge is 2.49. The number of amides is 1. The Kier molecular flexibility index (Phi) is 5.73. The van der Waals surface area contributed by atoms with Crippen molar-refractivity contribution in [1.29, 1.82) is 5.26 Å². The van der Waals surface area contributed by atoms with Crippen molar-refractivity contribution in [3.05, 3.63) is 77.9 Å². The lowest BCUT2D eigenvalue weighted by atomic mass is 10.1. The molecule has 0 saturated carbocycles. The minimum atomic E-state index is -0.524. The first kappa shape index (κ1) is 20.5. The number of nitrogens with zero attached hydrogens (tertiary/aromatic N) is 1. The lowest BCUT2D eigenvalue weighted by molar-refractivity contribution is 0.00855. The van der Waals surface area contributed by atoms with Gasteiger partial charge >= 0.3 is 6.09 Å². The zero-order valence-corrected chi connectivity index (χ0v) is 17.4. The molecule has 32 heavy (non-hydrogen) atoms. The third kappa shape index (κ3) is 4.16. The standard InChI is InChI=1S/C25H23N3O4/c26-12-16-5-3-6-17(11-16)13-27-21-14-30-24-22(15-31-23(21)24)32-25(29)28-20-10-4-8-18-7-1-2-9-19(18)20/h1-11,21-24,27H,13-15H2,(H,28,29)/t21-,22-,23-,24+/m0/s1. The van der Waals surface area contributed by atoms with E-state index in [1.165, 1.54) is 0 Å². The van der Waals surface area contributed by atoms with Crippen molar-refractivity contribution in [1.82, 2.24) is 5.32 Å². The largest absolute Gasteiger partial charge is 0.441 e. The quantitative estimate of drug-likeness (QED) is 0.644. The van der Waals surface area contributed by atoms with Crippen LogP contribution in [0.5, 0.6) is 0 Å². The number of benzene rings is 3. The molecule has 2 aliphatic rings. The molecule has 0 aromatic heterocycles. The van der Waals surface area contributed by atoms with E-state index in [0.29, 0.717) is 31.0 Å². The van der Waals surface area contributed by atoms with Gasteiger partial charge in [0.2, 0.25) is 0 Å². The van der Waals surface area contributed by atoms with Crippen LogP contribution >= 0.6 is 0 Å². The molecule has 3 aromatic rings. The third-order valence-electron chi connectivity index (χ3n) is 5.92. The second-order valence-corrected chi connectivity index (χ2v) is 7.99. The number of fused-ring (bicyclic) bond motifs is 2. The summed E-state index contributed by atoms with van der Waals surface area (Å²) in [6.45, 7) is 1.36. The Balaban J connectivity index is 1.17. The maximum absolute atomic E-state index is 12.6. The van der Waals surface area contributed by atoms with Crippen LogP contribution in [-0.2, 0) is 20.8 Å². The van der Waals surface area contributed by atoms with Gasteiger partial charge in [0.15, 0.2) is 6.10 Å². The fourth-order valence-electron chi connectivity index (χ4n) is 4.35. The first-order valence-electron chi connectivity index (χ1n) is 10.6. The van der Waals surface area contributed by atoms with Crippen LogP contribution in [0.2, 0.25) is 0 Å². The fourth-order valence-corrected chi connectivity index (χ4v) is 4.35. The molecule has 7 nitrogen and oxygen atoms in total. The molecule has 0 aliphatic carbocycles. The van der Waals surface area contributed by atoms with Crippen molar-refractivity contribution in [3.63, 3.8) is 0 Å². The Morgan fingerprint density at radius 3 is 2.75 bits per heavy atom. The summed E-state index contributed by atoms with van der Waals surface area (Å²) in [6.07, 6.45) is -1.49. The Morgan fingerprint density at radius 2 is 1.84 bits per heavy atom. The van der Waals surface area contributed by atoms with E-state index in [0.717, 1.165) is 16.3 Å². The number of nitriles is 1. The summed E-state index contributed by atoms with van der Waals surface area (Å²) < 4.78 is 17.5. The van der Waals surface area contributed by atoms with Gasteiger partial charge in [-0.05, 0) is 29.1 Å². The van der Waals surface area contributed by atoms with E-state index in [1.807, 2.05) is 60.7 Å². The number of hydrogen-bond acceptors (Lipinski definition) is 6. The molecule has 2 saturated heterocycles. The van der Waals surface area contributed by atoms with Gasteiger partial charge in [-0.25, -0.2) is 4.79 Å². The summed E-state index contributed by atoms with van der Waals surface area (Å²) in [7, 11) is 0. The van der Waals surface area contributed by atoms with Gasteiger partial charge in [0.05, 0.1) is 36.6 Å². The minimum absolute atomic E-state index is 0.0135. The summed E-state index contributed by atoms with van der Waals surface area (Å²) in [6, 6.07) is 23.2. The molecule has 3 aromatic carbocycles. The van der Waals surface area contributed by atoms with E-state index in [1.54, 1.807) is 6.07 Å². The van der Waals surface area contributed by atoms with Crippen LogP contribution in [0.1, 0.15) is 11.1 Å². The normalized spacial score (nSPS) is 24.1. The highest BCUT2D eigenvalue weighted by Crippen LogP contribution is 2.30. The van der Waals surface area contributed by atoms with Crippen molar-refractivity contribution in [2.45, 2.75) is 30.9 Å². The maximum Gasteiger partial charge on any atom is 0.412 e. The molecule has 2 heterocycles. The lowest BCUT2D eigenvalue weighted by Gasteiger charge is -2.18. The number of rotatable bonds is 5. The van der Waals surface area contributed by atoms with E-state index >= 15 is 0 Å². The van der Waals surface area contributed by atoms with Gasteiger partial charge in [-0.15, -0.1) is 0 Å². The average molecular weight is 429 g/mol. The average Bonchev–Trinajstić information content (AvgIpc) is 3.41. The van der Waals surface area contributed by atoms with Crippen LogP contribution in [-0.4, -0.2) is 43.7 Å². The Bertz CT molecular complexity index is 1170. The van der Waals surface area contributed by atoms with E-state index in [2.05, 4.69) is 16.7 Å². The van der Waals surface area contributed by atoms with Crippen LogP contribution in [0, 0.1) is 11.3 Å². The molecule has 0 radical (unpaired) electrons. The van der Waals surface area contributed by atoms with Crippen LogP contribution in [0.25, 0.3) is 10.8 Å². The molecule has 5 rings (SSSR count). The predicted octanol–water partition coefficient (Wildman–Crippen LogP) is 3.58. The topological polar surface area (TPSA) is 92.6 Å². The smallest absolute Gasteiger partial charge is 0.412 e. The van der Waals surface area contributed by atoms with Gasteiger partial charge in [0.1, 0.15) is 12.2 Å². The summed E-state index contributed by atoms with van der Waals surface area (Å²) in [4.78, 5) is 12.6. The van der Waals surface area contributed by atoms with Crippen LogP contribution < -0.4 is 10.6 Å². The monoisotopic (exact) mass is 429 g/mol.